The fourth-order valence-corrected chi connectivity index (χ4v) is 10.3. The van der Waals surface area contributed by atoms with Gasteiger partial charge in [0.15, 0.2) is 0 Å². The van der Waals surface area contributed by atoms with Crippen molar-refractivity contribution >= 4 is 44.6 Å². The quantitative estimate of drug-likeness (QED) is 0.144. The first-order chi connectivity index (χ1) is 34.1. The second kappa shape index (κ2) is 17.5. The lowest BCUT2D eigenvalue weighted by Crippen LogP contribution is -2.25. The maximum atomic E-state index is 6.84. The van der Waals surface area contributed by atoms with Gasteiger partial charge in [0.25, 0.3) is 0 Å². The molecule has 0 atom stereocenters. The number of aryl methyl sites for hydroxylation is 1. The SMILES string of the molecule is Cc1cc(-n2c3ccccc3c3ccc(Oc4cccc(N5CN(c6cc(C(C)(C)C)cc(C(C)(C)C)c6)c6cc(-c7ccccc7)ccc65)c4)cc32)ncc1-c1ccc(C(C)(C)c2ccccc2)cc1. The molecule has 0 amide bonds. The van der Waals surface area contributed by atoms with Crippen LogP contribution in [0.3, 0.4) is 0 Å². The average molecular weight is 927 g/mol. The summed E-state index contributed by atoms with van der Waals surface area (Å²) in [5.41, 5.74) is 17.7. The van der Waals surface area contributed by atoms with Gasteiger partial charge in [-0.15, -0.1) is 0 Å². The summed E-state index contributed by atoms with van der Waals surface area (Å²) in [5, 5.41) is 2.32. The van der Waals surface area contributed by atoms with E-state index >= 15 is 0 Å². The minimum absolute atomic E-state index is 0.0120. The highest BCUT2D eigenvalue weighted by molar-refractivity contribution is 6.09. The van der Waals surface area contributed by atoms with E-state index < -0.39 is 0 Å². The third-order valence-electron chi connectivity index (χ3n) is 14.7. The Bertz CT molecular complexity index is 3560. The summed E-state index contributed by atoms with van der Waals surface area (Å²) in [6.45, 7) is 21.3. The Morgan fingerprint density at radius 3 is 1.76 bits per heavy atom. The molecule has 0 aliphatic carbocycles. The minimum atomic E-state index is -0.106. The second-order valence-electron chi connectivity index (χ2n) is 21.9. The van der Waals surface area contributed by atoms with Crippen LogP contribution in [0.2, 0.25) is 0 Å². The van der Waals surface area contributed by atoms with Gasteiger partial charge in [0, 0.05) is 51.5 Å². The van der Waals surface area contributed by atoms with Gasteiger partial charge in [0.1, 0.15) is 24.0 Å². The highest BCUT2D eigenvalue weighted by Crippen LogP contribution is 2.48. The molecule has 0 fully saturated rings. The molecule has 71 heavy (non-hydrogen) atoms. The van der Waals surface area contributed by atoms with Crippen LogP contribution in [0.15, 0.2) is 200 Å². The monoisotopic (exact) mass is 926 g/mol. The molecule has 1 aliphatic heterocycles. The van der Waals surface area contributed by atoms with E-state index in [1.54, 1.807) is 0 Å². The van der Waals surface area contributed by atoms with Crippen molar-refractivity contribution in [2.45, 2.75) is 78.6 Å². The van der Waals surface area contributed by atoms with Gasteiger partial charge in [-0.05, 0) is 123 Å². The van der Waals surface area contributed by atoms with Gasteiger partial charge >= 0.3 is 0 Å². The number of hydrogen-bond acceptors (Lipinski definition) is 4. The van der Waals surface area contributed by atoms with Crippen LogP contribution in [0.25, 0.3) is 49.9 Å². The Labute approximate surface area is 419 Å². The zero-order valence-corrected chi connectivity index (χ0v) is 42.5. The van der Waals surface area contributed by atoms with Crippen LogP contribution in [0.5, 0.6) is 11.5 Å². The van der Waals surface area contributed by atoms with Gasteiger partial charge in [-0.25, -0.2) is 4.98 Å². The Balaban J connectivity index is 0.926. The highest BCUT2D eigenvalue weighted by Gasteiger charge is 2.31. The summed E-state index contributed by atoms with van der Waals surface area (Å²) in [6.07, 6.45) is 2.03. The fourth-order valence-electron chi connectivity index (χ4n) is 10.3. The van der Waals surface area contributed by atoms with Crippen molar-refractivity contribution in [1.82, 2.24) is 9.55 Å². The van der Waals surface area contributed by atoms with Gasteiger partial charge in [-0.3, -0.25) is 4.57 Å². The summed E-state index contributed by atoms with van der Waals surface area (Å²) >= 11 is 0. The van der Waals surface area contributed by atoms with Crippen LogP contribution in [0, 0.1) is 6.92 Å². The van der Waals surface area contributed by atoms with Crippen LogP contribution in [0.4, 0.5) is 22.7 Å². The predicted octanol–water partition coefficient (Wildman–Crippen LogP) is 17.8. The van der Waals surface area contributed by atoms with Crippen molar-refractivity contribution in [3.8, 4) is 39.6 Å². The number of rotatable bonds is 9. The fraction of sp³-hybridized carbons (Fsp3) is 0.197. The molecule has 352 valence electrons. The molecule has 0 N–H and O–H groups in total. The average Bonchev–Trinajstić information content (AvgIpc) is 3.92. The largest absolute Gasteiger partial charge is 0.457 e. The topological polar surface area (TPSA) is 33.5 Å². The highest BCUT2D eigenvalue weighted by atomic mass is 16.5. The molecule has 3 heterocycles. The summed E-state index contributed by atoms with van der Waals surface area (Å²) in [5.74, 6) is 2.40. The molecule has 0 unspecified atom stereocenters. The van der Waals surface area contributed by atoms with E-state index in [2.05, 4.69) is 271 Å². The molecular formula is C66H62N4O. The third kappa shape index (κ3) is 8.54. The molecule has 11 rings (SSSR count). The number of ether oxygens (including phenoxy) is 1. The van der Waals surface area contributed by atoms with Crippen molar-refractivity contribution in [2.24, 2.45) is 0 Å². The van der Waals surface area contributed by atoms with Crippen LogP contribution in [-0.4, -0.2) is 16.2 Å². The number of fused-ring (bicyclic) bond motifs is 4. The first-order valence-electron chi connectivity index (χ1n) is 25.0. The van der Waals surface area contributed by atoms with E-state index in [0.717, 1.165) is 61.8 Å². The van der Waals surface area contributed by atoms with Gasteiger partial charge in [-0.1, -0.05) is 177 Å². The number of pyridine rings is 1. The molecule has 5 heteroatoms. The van der Waals surface area contributed by atoms with Crippen molar-refractivity contribution in [3.05, 3.63) is 228 Å². The number of benzene rings is 8. The van der Waals surface area contributed by atoms with Crippen LogP contribution in [-0.2, 0) is 16.2 Å². The summed E-state index contributed by atoms with van der Waals surface area (Å²) in [6, 6.07) is 70.2. The molecule has 0 bridgehead atoms. The zero-order chi connectivity index (χ0) is 49.2. The van der Waals surface area contributed by atoms with Crippen molar-refractivity contribution in [3.63, 3.8) is 0 Å². The Hall–Kier alpha value is -7.89. The molecule has 5 nitrogen and oxygen atoms in total. The molecule has 0 spiro atoms. The van der Waals surface area contributed by atoms with E-state index in [0.29, 0.717) is 6.67 Å². The van der Waals surface area contributed by atoms with Crippen LogP contribution in [0.1, 0.15) is 83.2 Å². The number of anilines is 4. The van der Waals surface area contributed by atoms with E-state index in [4.69, 9.17) is 9.72 Å². The van der Waals surface area contributed by atoms with Gasteiger partial charge in [-0.2, -0.15) is 0 Å². The van der Waals surface area contributed by atoms with Crippen LogP contribution < -0.4 is 14.5 Å². The molecule has 2 aromatic heterocycles. The zero-order valence-electron chi connectivity index (χ0n) is 42.5. The standard InChI is InChI=1S/C66H62N4O/c1-44-35-63(67-42-58(44)46-27-30-49(31-28-46)66(8,9)48-21-14-11-15-22-48)70-59-26-17-16-25-56(59)57-33-32-55(41-61(57)70)71-54-24-18-23-52(40-54)68-43-69(53-38-50(64(2,3)4)37-51(39-53)65(5,6)7)62-36-47(29-34-60(62)68)45-19-12-10-13-20-45/h10-42H,43H2,1-9H3. The number of nitrogens with zero attached hydrogens (tertiary/aromatic N) is 4. The van der Waals surface area contributed by atoms with Crippen molar-refractivity contribution in [1.29, 1.82) is 0 Å². The molecule has 0 saturated heterocycles. The first kappa shape index (κ1) is 45.5. The summed E-state index contributed by atoms with van der Waals surface area (Å²) < 4.78 is 9.12. The Morgan fingerprint density at radius 1 is 0.437 bits per heavy atom. The smallest absolute Gasteiger partial charge is 0.137 e. The predicted molar refractivity (Wildman–Crippen MR) is 299 cm³/mol. The molecule has 10 aromatic rings. The van der Waals surface area contributed by atoms with E-state index in [1.165, 1.54) is 50.1 Å². The summed E-state index contributed by atoms with van der Waals surface area (Å²) in [7, 11) is 0. The second-order valence-corrected chi connectivity index (χ2v) is 21.9. The van der Waals surface area contributed by atoms with Gasteiger partial charge in [0.05, 0.1) is 22.4 Å². The Morgan fingerprint density at radius 2 is 1.06 bits per heavy atom. The number of para-hydroxylation sites is 1. The van der Waals surface area contributed by atoms with Crippen LogP contribution >= 0.6 is 0 Å². The van der Waals surface area contributed by atoms with E-state index in [-0.39, 0.29) is 16.2 Å². The van der Waals surface area contributed by atoms with Crippen molar-refractivity contribution in [2.75, 3.05) is 16.5 Å². The lowest BCUT2D eigenvalue weighted by molar-refractivity contribution is 0.483. The van der Waals surface area contributed by atoms with Gasteiger partial charge in [0.2, 0.25) is 0 Å². The third-order valence-corrected chi connectivity index (χ3v) is 14.7. The maximum absolute atomic E-state index is 6.84. The summed E-state index contributed by atoms with van der Waals surface area (Å²) in [4.78, 5) is 10.1. The van der Waals surface area contributed by atoms with Crippen molar-refractivity contribution < 1.29 is 4.74 Å². The minimum Gasteiger partial charge on any atom is -0.457 e. The molecule has 1 aliphatic rings. The lowest BCUT2D eigenvalue weighted by Gasteiger charge is -2.29. The molecule has 8 aromatic carbocycles. The maximum Gasteiger partial charge on any atom is 0.137 e. The number of aromatic nitrogens is 2. The molecule has 0 radical (unpaired) electrons. The molecular weight excluding hydrogens is 865 g/mol. The lowest BCUT2D eigenvalue weighted by atomic mass is 9.78. The normalized spacial score (nSPS) is 13.0. The van der Waals surface area contributed by atoms with Gasteiger partial charge < -0.3 is 14.5 Å². The molecule has 0 saturated carbocycles. The Kier molecular flexibility index (Phi) is 11.2. The number of hydrogen-bond donors (Lipinski definition) is 0. The van der Waals surface area contributed by atoms with E-state index in [9.17, 15) is 0 Å². The first-order valence-corrected chi connectivity index (χ1v) is 25.0. The van der Waals surface area contributed by atoms with E-state index in [1.807, 2.05) is 6.20 Å².